The first kappa shape index (κ1) is 16.4. The molecule has 1 aromatic heterocycles. The second kappa shape index (κ2) is 7.39. The molecule has 2 aromatic rings. The van der Waals surface area contributed by atoms with E-state index in [0.29, 0.717) is 12.0 Å². The van der Waals surface area contributed by atoms with Gasteiger partial charge in [0.05, 0.1) is 10.7 Å². The van der Waals surface area contributed by atoms with Crippen molar-refractivity contribution in [2.75, 3.05) is 6.61 Å². The quantitative estimate of drug-likeness (QED) is 0.796. The molecule has 3 nitrogen and oxygen atoms in total. The molecule has 1 aromatic carbocycles. The summed E-state index contributed by atoms with van der Waals surface area (Å²) in [4.78, 5) is 6.07. The van der Waals surface area contributed by atoms with Gasteiger partial charge in [-0.2, -0.15) is 0 Å². The van der Waals surface area contributed by atoms with Crippen LogP contribution in [0.25, 0.3) is 0 Å². The Labute approximate surface area is 142 Å². The summed E-state index contributed by atoms with van der Waals surface area (Å²) >= 11 is 1.81. The molecule has 1 unspecified atom stereocenters. The highest BCUT2D eigenvalue weighted by Gasteiger charge is 2.22. The van der Waals surface area contributed by atoms with Crippen LogP contribution in [0, 0.1) is 12.8 Å². The van der Waals surface area contributed by atoms with Crippen LogP contribution in [0.5, 0.6) is 0 Å². The van der Waals surface area contributed by atoms with E-state index in [-0.39, 0.29) is 12.6 Å². The van der Waals surface area contributed by atoms with E-state index in [0.717, 1.165) is 18.5 Å². The van der Waals surface area contributed by atoms with Crippen molar-refractivity contribution >= 4 is 11.3 Å². The summed E-state index contributed by atoms with van der Waals surface area (Å²) < 4.78 is 0. The van der Waals surface area contributed by atoms with Gasteiger partial charge in [-0.05, 0) is 25.8 Å². The summed E-state index contributed by atoms with van der Waals surface area (Å²) in [6.07, 6.45) is 6.17. The van der Waals surface area contributed by atoms with Crippen molar-refractivity contribution in [3.05, 3.63) is 63.6 Å². The molecule has 4 heteroatoms. The minimum atomic E-state index is 0.240. The molecule has 1 heterocycles. The molecule has 0 saturated heterocycles. The third-order valence-corrected chi connectivity index (χ3v) is 5.68. The Morgan fingerprint density at radius 3 is 2.78 bits per heavy atom. The highest BCUT2D eigenvalue weighted by atomic mass is 32.1. The lowest BCUT2D eigenvalue weighted by atomic mass is 10.1. The molecule has 0 aliphatic heterocycles. The Bertz CT molecular complexity index is 665. The smallest absolute Gasteiger partial charge is 0.0975 e. The zero-order valence-electron chi connectivity index (χ0n) is 13.7. The van der Waals surface area contributed by atoms with Crippen molar-refractivity contribution in [3.8, 4) is 0 Å². The molecule has 2 N–H and O–H groups in total. The first-order chi connectivity index (χ1) is 11.2. The molecule has 0 bridgehead atoms. The van der Waals surface area contributed by atoms with E-state index in [1.165, 1.54) is 15.4 Å². The third kappa shape index (κ3) is 4.08. The molecule has 0 spiro atoms. The lowest BCUT2D eigenvalue weighted by Crippen LogP contribution is -2.29. The summed E-state index contributed by atoms with van der Waals surface area (Å²) in [5, 5.41) is 14.1. The maximum atomic E-state index is 9.24. The van der Waals surface area contributed by atoms with Crippen molar-refractivity contribution in [2.24, 2.45) is 5.92 Å². The van der Waals surface area contributed by atoms with Gasteiger partial charge in [0.25, 0.3) is 0 Å². The first-order valence-electron chi connectivity index (χ1n) is 8.21. The number of hydrogen-bond donors (Lipinski definition) is 2. The maximum Gasteiger partial charge on any atom is 0.0975 e. The van der Waals surface area contributed by atoms with Crippen molar-refractivity contribution < 1.29 is 5.11 Å². The van der Waals surface area contributed by atoms with E-state index in [1.807, 2.05) is 6.07 Å². The predicted molar refractivity (Wildman–Crippen MR) is 95.8 cm³/mol. The van der Waals surface area contributed by atoms with Crippen LogP contribution >= 0.6 is 11.3 Å². The van der Waals surface area contributed by atoms with E-state index in [4.69, 9.17) is 4.98 Å². The van der Waals surface area contributed by atoms with E-state index >= 15 is 0 Å². The van der Waals surface area contributed by atoms with Crippen LogP contribution in [0.2, 0.25) is 0 Å². The average Bonchev–Trinajstić information content (AvgIpc) is 3.14. The predicted octanol–water partition coefficient (Wildman–Crippen LogP) is 3.63. The van der Waals surface area contributed by atoms with Crippen LogP contribution in [0.1, 0.15) is 40.5 Å². The number of nitrogens with zero attached hydrogens (tertiary/aromatic N) is 1. The van der Waals surface area contributed by atoms with Gasteiger partial charge in [-0.15, -0.1) is 11.3 Å². The number of aliphatic hydroxyl groups is 1. The van der Waals surface area contributed by atoms with Crippen LogP contribution in [-0.2, 0) is 6.42 Å². The van der Waals surface area contributed by atoms with E-state index in [9.17, 15) is 5.11 Å². The Balaban J connectivity index is 1.65. The minimum Gasteiger partial charge on any atom is -0.396 e. The van der Waals surface area contributed by atoms with Gasteiger partial charge >= 0.3 is 0 Å². The highest BCUT2D eigenvalue weighted by Crippen LogP contribution is 2.28. The van der Waals surface area contributed by atoms with Gasteiger partial charge in [-0.25, -0.2) is 4.98 Å². The van der Waals surface area contributed by atoms with Crippen molar-refractivity contribution in [1.82, 2.24) is 10.3 Å². The molecule has 0 saturated carbocycles. The molecule has 3 atom stereocenters. The second-order valence-electron chi connectivity index (χ2n) is 6.28. The first-order valence-corrected chi connectivity index (χ1v) is 9.02. The number of nitrogens with one attached hydrogen (secondary N) is 1. The molecule has 0 fully saturated rings. The average molecular weight is 328 g/mol. The fraction of sp³-hybridized carbons (Fsp3) is 0.421. The van der Waals surface area contributed by atoms with Gasteiger partial charge in [0, 0.05) is 35.9 Å². The molecule has 1 aliphatic rings. The molecule has 1 aliphatic carbocycles. The molecule has 0 radical (unpaired) electrons. The highest BCUT2D eigenvalue weighted by molar-refractivity contribution is 7.11. The van der Waals surface area contributed by atoms with Crippen molar-refractivity contribution in [1.29, 1.82) is 0 Å². The van der Waals surface area contributed by atoms with Gasteiger partial charge < -0.3 is 10.4 Å². The maximum absolute atomic E-state index is 9.24. The third-order valence-electron chi connectivity index (χ3n) is 4.34. The largest absolute Gasteiger partial charge is 0.396 e. The zero-order chi connectivity index (χ0) is 16.2. The lowest BCUT2D eigenvalue weighted by molar-refractivity contribution is 0.245. The van der Waals surface area contributed by atoms with Crippen LogP contribution < -0.4 is 5.32 Å². The van der Waals surface area contributed by atoms with E-state index < -0.39 is 0 Å². The van der Waals surface area contributed by atoms with Gasteiger partial charge in [-0.3, -0.25) is 0 Å². The number of aryl methyl sites for hydroxylation is 1. The van der Waals surface area contributed by atoms with Gasteiger partial charge in [0.15, 0.2) is 0 Å². The normalized spacial score (nSPS) is 21.7. The zero-order valence-corrected chi connectivity index (χ0v) is 14.5. The SMILES string of the molecule is Cc1nc(Cc2ccccc2)sc1C(C)N[C@@H]1C=C[C@H](CO)C1. The Hall–Kier alpha value is -1.49. The number of hydrogen-bond acceptors (Lipinski definition) is 4. The summed E-state index contributed by atoms with van der Waals surface area (Å²) in [7, 11) is 0. The fourth-order valence-electron chi connectivity index (χ4n) is 3.14. The number of thiazole rings is 1. The van der Waals surface area contributed by atoms with Crippen molar-refractivity contribution in [3.63, 3.8) is 0 Å². The molecule has 3 rings (SSSR count). The molecular weight excluding hydrogens is 304 g/mol. The molecular formula is C19H24N2OS. The number of rotatable bonds is 6. The topological polar surface area (TPSA) is 45.2 Å². The summed E-state index contributed by atoms with van der Waals surface area (Å²) in [5.41, 5.74) is 2.43. The second-order valence-corrected chi connectivity index (χ2v) is 7.39. The van der Waals surface area contributed by atoms with Gasteiger partial charge in [0.1, 0.15) is 0 Å². The number of benzene rings is 1. The molecule has 23 heavy (non-hydrogen) atoms. The monoisotopic (exact) mass is 328 g/mol. The van der Waals surface area contributed by atoms with Crippen LogP contribution in [0.15, 0.2) is 42.5 Å². The van der Waals surface area contributed by atoms with E-state index in [1.54, 1.807) is 11.3 Å². The minimum absolute atomic E-state index is 0.240. The Morgan fingerprint density at radius 1 is 1.30 bits per heavy atom. The lowest BCUT2D eigenvalue weighted by Gasteiger charge is -2.18. The fourth-order valence-corrected chi connectivity index (χ4v) is 4.26. The van der Waals surface area contributed by atoms with Crippen LogP contribution in [-0.4, -0.2) is 22.7 Å². The molecule has 0 amide bonds. The van der Waals surface area contributed by atoms with Crippen LogP contribution in [0.4, 0.5) is 0 Å². The van der Waals surface area contributed by atoms with Crippen LogP contribution in [0.3, 0.4) is 0 Å². The van der Waals surface area contributed by atoms with E-state index in [2.05, 4.69) is 55.6 Å². The van der Waals surface area contributed by atoms with Gasteiger partial charge in [-0.1, -0.05) is 42.5 Å². The Kier molecular flexibility index (Phi) is 5.26. The standard InChI is InChI=1S/C19H24N2OS/c1-13(20-17-9-8-16(10-17)12-22)19-14(2)21-18(23-19)11-15-6-4-3-5-7-15/h3-9,13,16-17,20,22H,10-12H2,1-2H3/t13?,16-,17+/m0/s1. The van der Waals surface area contributed by atoms with Gasteiger partial charge in [0.2, 0.25) is 0 Å². The Morgan fingerprint density at radius 2 is 2.09 bits per heavy atom. The molecule has 122 valence electrons. The summed E-state index contributed by atoms with van der Waals surface area (Å²) in [5.74, 6) is 0.302. The summed E-state index contributed by atoms with van der Waals surface area (Å²) in [6.45, 7) is 4.54. The number of aromatic nitrogens is 1. The number of aliphatic hydroxyl groups excluding tert-OH is 1. The summed E-state index contributed by atoms with van der Waals surface area (Å²) in [6, 6.07) is 11.1. The van der Waals surface area contributed by atoms with Crippen molar-refractivity contribution in [2.45, 2.75) is 38.8 Å².